The van der Waals surface area contributed by atoms with Gasteiger partial charge in [0.1, 0.15) is 0 Å². The number of hydrogen-bond acceptors (Lipinski definition) is 6. The van der Waals surface area contributed by atoms with E-state index in [1.54, 1.807) is 18.2 Å². The zero-order chi connectivity index (χ0) is 27.4. The van der Waals surface area contributed by atoms with Crippen LogP contribution in [0.1, 0.15) is 52.9 Å². The fraction of sp³-hybridized carbons (Fsp3) is 0.419. The highest BCUT2D eigenvalue weighted by molar-refractivity contribution is 7.98. The second-order valence-corrected chi connectivity index (χ2v) is 11.4. The Morgan fingerprint density at radius 3 is 2.54 bits per heavy atom. The molecule has 1 saturated carbocycles. The SMILES string of the molecule is CSc1cc(C)[nH]c(=O)c1CNC(=O)c1ccc2c(c1)OC(C1CCC(N(C)CCc3ccccc3)CC1)O2. The van der Waals surface area contributed by atoms with Crippen LogP contribution in [0, 0.1) is 12.8 Å². The lowest BCUT2D eigenvalue weighted by molar-refractivity contribution is -0.0259. The molecule has 1 fully saturated rings. The van der Waals surface area contributed by atoms with Crippen LogP contribution >= 0.6 is 11.8 Å². The van der Waals surface area contributed by atoms with Crippen LogP contribution < -0.4 is 20.3 Å². The summed E-state index contributed by atoms with van der Waals surface area (Å²) in [4.78, 5) is 31.5. The molecule has 1 aliphatic carbocycles. The minimum atomic E-state index is -0.316. The van der Waals surface area contributed by atoms with Gasteiger partial charge in [0, 0.05) is 46.8 Å². The number of nitrogens with one attached hydrogen (secondary N) is 2. The standard InChI is InChI=1S/C31H37N3O4S/c1-20-17-28(39-3)25(30(36)33-20)19-32-29(35)23-11-14-26-27(18-23)38-31(37-26)22-9-12-24(13-10-22)34(2)16-15-21-7-5-4-6-8-21/h4-8,11,14,17-18,22,24,31H,9-10,12-13,15-16,19H2,1-3H3,(H,32,35)(H,33,36). The van der Waals surface area contributed by atoms with Crippen molar-refractivity contribution in [2.24, 2.45) is 5.92 Å². The van der Waals surface area contributed by atoms with Gasteiger partial charge in [-0.1, -0.05) is 30.3 Å². The maximum absolute atomic E-state index is 12.9. The average Bonchev–Trinajstić information content (AvgIpc) is 3.39. The smallest absolute Gasteiger partial charge is 0.254 e. The maximum Gasteiger partial charge on any atom is 0.254 e. The molecule has 39 heavy (non-hydrogen) atoms. The summed E-state index contributed by atoms with van der Waals surface area (Å²) in [5, 5.41) is 2.88. The minimum absolute atomic E-state index is 0.157. The van der Waals surface area contributed by atoms with Gasteiger partial charge in [-0.3, -0.25) is 9.59 Å². The van der Waals surface area contributed by atoms with E-state index in [-0.39, 0.29) is 24.3 Å². The number of H-pyrrole nitrogens is 1. The fourth-order valence-electron chi connectivity index (χ4n) is 5.56. The fourth-order valence-corrected chi connectivity index (χ4v) is 6.27. The van der Waals surface area contributed by atoms with Crippen molar-refractivity contribution >= 4 is 17.7 Å². The Bertz CT molecular complexity index is 1350. The molecule has 1 amide bonds. The van der Waals surface area contributed by atoms with Crippen LogP contribution in [-0.4, -0.2) is 48.0 Å². The molecule has 0 spiro atoms. The second-order valence-electron chi connectivity index (χ2n) is 10.6. The highest BCUT2D eigenvalue weighted by Gasteiger charge is 2.36. The third-order valence-electron chi connectivity index (χ3n) is 7.91. The molecule has 1 aromatic heterocycles. The van der Waals surface area contributed by atoms with Gasteiger partial charge < -0.3 is 24.7 Å². The van der Waals surface area contributed by atoms with Gasteiger partial charge >= 0.3 is 0 Å². The van der Waals surface area contributed by atoms with Gasteiger partial charge in [-0.05, 0) is 82.2 Å². The van der Waals surface area contributed by atoms with Crippen molar-refractivity contribution in [3.63, 3.8) is 0 Å². The molecule has 8 heteroatoms. The molecule has 3 aromatic rings. The molecule has 7 nitrogen and oxygen atoms in total. The molecule has 206 valence electrons. The van der Waals surface area contributed by atoms with E-state index in [0.717, 1.165) is 49.2 Å². The number of ether oxygens (including phenoxy) is 2. The van der Waals surface area contributed by atoms with E-state index in [9.17, 15) is 9.59 Å². The van der Waals surface area contributed by atoms with Crippen LogP contribution in [0.15, 0.2) is 64.3 Å². The summed E-state index contributed by atoms with van der Waals surface area (Å²) in [5.74, 6) is 1.36. The predicted octanol–water partition coefficient (Wildman–Crippen LogP) is 5.17. The van der Waals surface area contributed by atoms with E-state index in [1.165, 1.54) is 17.3 Å². The summed E-state index contributed by atoms with van der Waals surface area (Å²) >= 11 is 1.49. The zero-order valence-corrected chi connectivity index (χ0v) is 23.7. The Labute approximate surface area is 234 Å². The van der Waals surface area contributed by atoms with Crippen LogP contribution in [0.5, 0.6) is 11.5 Å². The Hall–Kier alpha value is -3.23. The average molecular weight is 548 g/mol. The lowest BCUT2D eigenvalue weighted by Crippen LogP contribution is -2.40. The quantitative estimate of drug-likeness (QED) is 0.360. The summed E-state index contributed by atoms with van der Waals surface area (Å²) in [6.45, 7) is 3.06. The molecule has 1 aliphatic heterocycles. The summed E-state index contributed by atoms with van der Waals surface area (Å²) < 4.78 is 12.3. The van der Waals surface area contributed by atoms with Crippen molar-refractivity contribution in [1.29, 1.82) is 0 Å². The lowest BCUT2D eigenvalue weighted by Gasteiger charge is -2.35. The molecule has 0 bridgehead atoms. The summed E-state index contributed by atoms with van der Waals surface area (Å²) in [6, 6.07) is 18.4. The van der Waals surface area contributed by atoms with Crippen molar-refractivity contribution in [3.05, 3.63) is 87.3 Å². The molecule has 1 unspecified atom stereocenters. The van der Waals surface area contributed by atoms with Gasteiger partial charge in [0.2, 0.25) is 6.29 Å². The Morgan fingerprint density at radius 1 is 1.05 bits per heavy atom. The number of hydrogen-bond donors (Lipinski definition) is 2. The van der Waals surface area contributed by atoms with E-state index in [1.807, 2.05) is 19.2 Å². The molecule has 2 aromatic carbocycles. The number of aryl methyl sites for hydroxylation is 1. The third kappa shape index (κ3) is 6.50. The van der Waals surface area contributed by atoms with Crippen molar-refractivity contribution in [1.82, 2.24) is 15.2 Å². The zero-order valence-electron chi connectivity index (χ0n) is 22.9. The van der Waals surface area contributed by atoms with E-state index in [2.05, 4.69) is 52.6 Å². The number of pyridine rings is 1. The number of benzene rings is 2. The number of aromatic amines is 1. The summed E-state index contributed by atoms with van der Waals surface area (Å²) in [5.41, 5.74) is 3.04. The number of carbonyl (C=O) groups is 1. The van der Waals surface area contributed by atoms with E-state index in [4.69, 9.17) is 9.47 Å². The van der Waals surface area contributed by atoms with Gasteiger partial charge in [0.15, 0.2) is 11.5 Å². The largest absolute Gasteiger partial charge is 0.451 e. The second kappa shape index (κ2) is 12.3. The van der Waals surface area contributed by atoms with Crippen molar-refractivity contribution in [3.8, 4) is 11.5 Å². The maximum atomic E-state index is 12.9. The molecule has 0 radical (unpaired) electrons. The van der Waals surface area contributed by atoms with Gasteiger partial charge in [-0.25, -0.2) is 0 Å². The van der Waals surface area contributed by atoms with Gasteiger partial charge in [0.25, 0.3) is 11.5 Å². The predicted molar refractivity (Wildman–Crippen MR) is 155 cm³/mol. The first kappa shape index (κ1) is 27.3. The highest BCUT2D eigenvalue weighted by Crippen LogP contribution is 2.41. The number of amides is 1. The first-order valence-corrected chi connectivity index (χ1v) is 14.9. The minimum Gasteiger partial charge on any atom is -0.451 e. The molecular formula is C31H37N3O4S. The lowest BCUT2D eigenvalue weighted by atomic mass is 9.85. The monoisotopic (exact) mass is 547 g/mol. The van der Waals surface area contributed by atoms with E-state index < -0.39 is 0 Å². The summed E-state index contributed by atoms with van der Waals surface area (Å²) in [7, 11) is 2.23. The van der Waals surface area contributed by atoms with E-state index >= 15 is 0 Å². The van der Waals surface area contributed by atoms with Gasteiger partial charge in [0.05, 0.1) is 0 Å². The van der Waals surface area contributed by atoms with Crippen molar-refractivity contribution in [2.45, 2.75) is 62.8 Å². The van der Waals surface area contributed by atoms with Gasteiger partial charge in [-0.15, -0.1) is 11.8 Å². The van der Waals surface area contributed by atoms with Crippen molar-refractivity contribution in [2.75, 3.05) is 19.8 Å². The number of carbonyl (C=O) groups excluding carboxylic acids is 1. The number of aromatic nitrogens is 1. The highest BCUT2D eigenvalue weighted by atomic mass is 32.2. The van der Waals surface area contributed by atoms with Crippen molar-refractivity contribution < 1.29 is 14.3 Å². The molecule has 2 heterocycles. The Kier molecular flexibility index (Phi) is 8.63. The molecule has 2 aliphatic rings. The number of nitrogens with zero attached hydrogens (tertiary/aromatic N) is 1. The number of fused-ring (bicyclic) bond motifs is 1. The first-order chi connectivity index (χ1) is 18.9. The first-order valence-electron chi connectivity index (χ1n) is 13.7. The molecule has 0 saturated heterocycles. The molecular weight excluding hydrogens is 510 g/mol. The summed E-state index contributed by atoms with van der Waals surface area (Å²) in [6.07, 6.45) is 7.02. The topological polar surface area (TPSA) is 83.7 Å². The van der Waals surface area contributed by atoms with Crippen LogP contribution in [0.2, 0.25) is 0 Å². The number of likely N-dealkylation sites (N-methyl/N-ethyl adjacent to an activating group) is 1. The number of thioether (sulfide) groups is 1. The molecule has 5 rings (SSSR count). The van der Waals surface area contributed by atoms with Crippen LogP contribution in [-0.2, 0) is 13.0 Å². The van der Waals surface area contributed by atoms with Crippen LogP contribution in [0.25, 0.3) is 0 Å². The molecule has 2 N–H and O–H groups in total. The van der Waals surface area contributed by atoms with Crippen LogP contribution in [0.3, 0.4) is 0 Å². The molecule has 1 atom stereocenters. The Morgan fingerprint density at radius 2 is 1.79 bits per heavy atom. The van der Waals surface area contributed by atoms with Gasteiger partial charge in [-0.2, -0.15) is 0 Å². The van der Waals surface area contributed by atoms with Crippen LogP contribution in [0.4, 0.5) is 0 Å². The third-order valence-corrected chi connectivity index (χ3v) is 8.72. The number of rotatable bonds is 9. The Balaban J connectivity index is 1.12. The van der Waals surface area contributed by atoms with E-state index in [0.29, 0.717) is 34.6 Å². The normalized spacial score (nSPS) is 20.3.